The van der Waals surface area contributed by atoms with Gasteiger partial charge in [0.15, 0.2) is 0 Å². The maximum absolute atomic E-state index is 9.15. The van der Waals surface area contributed by atoms with Gasteiger partial charge in [0.25, 0.3) is 0 Å². The SMILES string of the molecule is CCc1nn(C)c(CNC(CO)COC)c1Br. The molecular formula is C11H20BrN3O2. The first-order chi connectivity index (χ1) is 8.13. The molecule has 98 valence electrons. The molecule has 0 aliphatic heterocycles. The Morgan fingerprint density at radius 3 is 2.76 bits per heavy atom. The molecule has 1 heterocycles. The Hall–Kier alpha value is -0.430. The lowest BCUT2D eigenvalue weighted by Crippen LogP contribution is -2.36. The number of ether oxygens (including phenoxy) is 1. The van der Waals surface area contributed by atoms with Gasteiger partial charge in [-0.05, 0) is 22.4 Å². The predicted octanol–water partition coefficient (Wildman–Crippen LogP) is 0.842. The van der Waals surface area contributed by atoms with Gasteiger partial charge in [-0.2, -0.15) is 5.10 Å². The van der Waals surface area contributed by atoms with Crippen molar-refractivity contribution in [3.05, 3.63) is 15.9 Å². The maximum Gasteiger partial charge on any atom is 0.0767 e. The van der Waals surface area contributed by atoms with Crippen molar-refractivity contribution in [1.29, 1.82) is 0 Å². The van der Waals surface area contributed by atoms with E-state index in [1.165, 1.54) is 0 Å². The summed E-state index contributed by atoms with van der Waals surface area (Å²) in [7, 11) is 3.55. The fourth-order valence-electron chi connectivity index (χ4n) is 1.63. The van der Waals surface area contributed by atoms with Gasteiger partial charge in [0, 0.05) is 20.7 Å². The summed E-state index contributed by atoms with van der Waals surface area (Å²) in [5, 5.41) is 16.8. The van der Waals surface area contributed by atoms with E-state index in [0.29, 0.717) is 13.2 Å². The van der Waals surface area contributed by atoms with Crippen molar-refractivity contribution in [3.8, 4) is 0 Å². The molecule has 1 aromatic heterocycles. The molecule has 1 aromatic rings. The third kappa shape index (κ3) is 3.77. The van der Waals surface area contributed by atoms with E-state index >= 15 is 0 Å². The fourth-order valence-corrected chi connectivity index (χ4v) is 2.39. The normalized spacial score (nSPS) is 13.0. The highest BCUT2D eigenvalue weighted by Gasteiger charge is 2.14. The smallest absolute Gasteiger partial charge is 0.0767 e. The van der Waals surface area contributed by atoms with Crippen LogP contribution in [0, 0.1) is 0 Å². The topological polar surface area (TPSA) is 59.3 Å². The summed E-state index contributed by atoms with van der Waals surface area (Å²) in [6.45, 7) is 3.28. The number of nitrogens with zero attached hydrogens (tertiary/aromatic N) is 2. The molecule has 1 unspecified atom stereocenters. The number of aliphatic hydroxyl groups is 1. The van der Waals surface area contributed by atoms with Crippen LogP contribution >= 0.6 is 15.9 Å². The van der Waals surface area contributed by atoms with E-state index in [4.69, 9.17) is 9.84 Å². The Kier molecular flexibility index (Phi) is 6.11. The van der Waals surface area contributed by atoms with Crippen molar-refractivity contribution in [2.75, 3.05) is 20.3 Å². The highest BCUT2D eigenvalue weighted by molar-refractivity contribution is 9.10. The molecule has 0 saturated carbocycles. The van der Waals surface area contributed by atoms with Gasteiger partial charge in [0.2, 0.25) is 0 Å². The Morgan fingerprint density at radius 1 is 1.59 bits per heavy atom. The van der Waals surface area contributed by atoms with E-state index in [0.717, 1.165) is 22.3 Å². The number of hydrogen-bond acceptors (Lipinski definition) is 4. The molecule has 1 rings (SSSR count). The Bertz CT molecular complexity index is 355. The number of aryl methyl sites for hydroxylation is 2. The lowest BCUT2D eigenvalue weighted by Gasteiger charge is -2.15. The maximum atomic E-state index is 9.15. The minimum atomic E-state index is -0.0492. The fraction of sp³-hybridized carbons (Fsp3) is 0.727. The van der Waals surface area contributed by atoms with Crippen LogP contribution in [0.5, 0.6) is 0 Å². The van der Waals surface area contributed by atoms with Crippen LogP contribution in [0.25, 0.3) is 0 Å². The Balaban J connectivity index is 2.65. The standard InChI is InChI=1S/C11H20BrN3O2/c1-4-9-11(12)10(15(2)14-9)5-13-8(6-16)7-17-3/h8,13,16H,4-7H2,1-3H3. The zero-order chi connectivity index (χ0) is 12.8. The van der Waals surface area contributed by atoms with E-state index in [-0.39, 0.29) is 12.6 Å². The molecule has 0 radical (unpaired) electrons. The highest BCUT2D eigenvalue weighted by atomic mass is 79.9. The summed E-state index contributed by atoms with van der Waals surface area (Å²) in [6.07, 6.45) is 0.899. The van der Waals surface area contributed by atoms with Gasteiger partial charge in [-0.15, -0.1) is 0 Å². The predicted molar refractivity (Wildman–Crippen MR) is 69.9 cm³/mol. The van der Waals surface area contributed by atoms with Crippen molar-refractivity contribution in [3.63, 3.8) is 0 Å². The Labute approximate surface area is 110 Å². The van der Waals surface area contributed by atoms with Gasteiger partial charge >= 0.3 is 0 Å². The summed E-state index contributed by atoms with van der Waals surface area (Å²) in [5.41, 5.74) is 2.13. The van der Waals surface area contributed by atoms with Gasteiger partial charge in [-0.3, -0.25) is 4.68 Å². The highest BCUT2D eigenvalue weighted by Crippen LogP contribution is 2.21. The third-order valence-corrected chi connectivity index (χ3v) is 3.56. The molecular weight excluding hydrogens is 286 g/mol. The zero-order valence-corrected chi connectivity index (χ0v) is 12.1. The van der Waals surface area contributed by atoms with E-state index in [9.17, 15) is 0 Å². The number of methoxy groups -OCH3 is 1. The lowest BCUT2D eigenvalue weighted by molar-refractivity contribution is 0.127. The second-order valence-electron chi connectivity index (χ2n) is 3.90. The molecule has 0 bridgehead atoms. The van der Waals surface area contributed by atoms with Crippen molar-refractivity contribution in [2.45, 2.75) is 25.9 Å². The van der Waals surface area contributed by atoms with Gasteiger partial charge in [0.1, 0.15) is 0 Å². The summed E-state index contributed by atoms with van der Waals surface area (Å²) in [4.78, 5) is 0. The molecule has 0 aliphatic carbocycles. The second kappa shape index (κ2) is 7.10. The molecule has 2 N–H and O–H groups in total. The molecule has 0 saturated heterocycles. The zero-order valence-electron chi connectivity index (χ0n) is 10.5. The minimum Gasteiger partial charge on any atom is -0.395 e. The van der Waals surface area contributed by atoms with Gasteiger partial charge in [0.05, 0.1) is 35.1 Å². The van der Waals surface area contributed by atoms with E-state index in [1.54, 1.807) is 7.11 Å². The van der Waals surface area contributed by atoms with Crippen molar-refractivity contribution in [2.24, 2.45) is 7.05 Å². The molecule has 0 aromatic carbocycles. The van der Waals surface area contributed by atoms with E-state index in [2.05, 4.69) is 33.3 Å². The largest absolute Gasteiger partial charge is 0.395 e. The molecule has 0 fully saturated rings. The van der Waals surface area contributed by atoms with Crippen LogP contribution in [0.1, 0.15) is 18.3 Å². The van der Waals surface area contributed by atoms with Crippen LogP contribution < -0.4 is 5.32 Å². The summed E-state index contributed by atoms with van der Waals surface area (Å²) < 4.78 is 7.92. The molecule has 6 heteroatoms. The molecule has 5 nitrogen and oxygen atoms in total. The molecule has 17 heavy (non-hydrogen) atoms. The quantitative estimate of drug-likeness (QED) is 0.784. The molecule has 1 atom stereocenters. The summed E-state index contributed by atoms with van der Waals surface area (Å²) >= 11 is 3.56. The number of aromatic nitrogens is 2. The number of hydrogen-bond donors (Lipinski definition) is 2. The monoisotopic (exact) mass is 305 g/mol. The van der Waals surface area contributed by atoms with Gasteiger partial charge < -0.3 is 15.2 Å². The molecule has 0 spiro atoms. The van der Waals surface area contributed by atoms with Crippen LogP contribution in [0.3, 0.4) is 0 Å². The molecule has 0 aliphatic rings. The van der Waals surface area contributed by atoms with Crippen LogP contribution in [-0.4, -0.2) is 41.3 Å². The van der Waals surface area contributed by atoms with Crippen LogP contribution in [0.2, 0.25) is 0 Å². The second-order valence-corrected chi connectivity index (χ2v) is 4.69. The van der Waals surface area contributed by atoms with Crippen molar-refractivity contribution in [1.82, 2.24) is 15.1 Å². The number of nitrogens with one attached hydrogen (secondary N) is 1. The number of aliphatic hydroxyl groups excluding tert-OH is 1. The number of halogens is 1. The van der Waals surface area contributed by atoms with E-state index in [1.807, 2.05) is 11.7 Å². The molecule has 0 amide bonds. The summed E-state index contributed by atoms with van der Waals surface area (Å²) in [6, 6.07) is -0.0492. The van der Waals surface area contributed by atoms with Crippen molar-refractivity contribution < 1.29 is 9.84 Å². The Morgan fingerprint density at radius 2 is 2.29 bits per heavy atom. The first-order valence-electron chi connectivity index (χ1n) is 5.67. The van der Waals surface area contributed by atoms with Crippen LogP contribution in [-0.2, 0) is 24.8 Å². The minimum absolute atomic E-state index is 0.0492. The first kappa shape index (κ1) is 14.6. The number of rotatable bonds is 7. The van der Waals surface area contributed by atoms with Crippen LogP contribution in [0.4, 0.5) is 0 Å². The van der Waals surface area contributed by atoms with Gasteiger partial charge in [-0.25, -0.2) is 0 Å². The van der Waals surface area contributed by atoms with Crippen LogP contribution in [0.15, 0.2) is 4.47 Å². The summed E-state index contributed by atoms with van der Waals surface area (Å²) in [5.74, 6) is 0. The average molecular weight is 306 g/mol. The van der Waals surface area contributed by atoms with Gasteiger partial charge in [-0.1, -0.05) is 6.92 Å². The van der Waals surface area contributed by atoms with Crippen molar-refractivity contribution >= 4 is 15.9 Å². The first-order valence-corrected chi connectivity index (χ1v) is 6.46. The third-order valence-electron chi connectivity index (χ3n) is 2.65. The average Bonchev–Trinajstić information content (AvgIpc) is 2.60. The van der Waals surface area contributed by atoms with E-state index < -0.39 is 0 Å². The lowest BCUT2D eigenvalue weighted by atomic mass is 10.3.